The average molecular weight is 404 g/mol. The van der Waals surface area contributed by atoms with Crippen LogP contribution in [0.5, 0.6) is 11.5 Å². The van der Waals surface area contributed by atoms with E-state index in [-0.39, 0.29) is 5.69 Å². The molecule has 1 aliphatic heterocycles. The molecular formula is C16H9F5N2O3S. The van der Waals surface area contributed by atoms with Crippen molar-refractivity contribution in [2.75, 3.05) is 4.90 Å². The summed E-state index contributed by atoms with van der Waals surface area (Å²) < 4.78 is 74.9. The maximum atomic E-state index is 13.9. The molecule has 0 aromatic heterocycles. The number of anilines is 1. The SMILES string of the molecule is NC(=S)N(C(=O)c1ccccc1F)c1ccc2c(c1)OC(F)(F)C(F)(F)O2. The van der Waals surface area contributed by atoms with Gasteiger partial charge in [-0.2, -0.15) is 17.6 Å². The summed E-state index contributed by atoms with van der Waals surface area (Å²) in [5.41, 5.74) is 4.90. The lowest BCUT2D eigenvalue weighted by Crippen LogP contribution is -2.52. The van der Waals surface area contributed by atoms with Crippen LogP contribution in [0.3, 0.4) is 0 Å². The molecule has 0 unspecified atom stereocenters. The smallest absolute Gasteiger partial charge is 0.421 e. The van der Waals surface area contributed by atoms with Gasteiger partial charge in [-0.3, -0.25) is 9.69 Å². The molecule has 0 radical (unpaired) electrons. The van der Waals surface area contributed by atoms with Crippen LogP contribution in [-0.2, 0) is 0 Å². The Balaban J connectivity index is 2.03. The van der Waals surface area contributed by atoms with Crippen molar-refractivity contribution in [3.8, 4) is 11.5 Å². The van der Waals surface area contributed by atoms with E-state index in [2.05, 4.69) is 9.47 Å². The fraction of sp³-hybridized carbons (Fsp3) is 0.125. The van der Waals surface area contributed by atoms with Gasteiger partial charge in [0, 0.05) is 6.07 Å². The maximum Gasteiger partial charge on any atom is 0.507 e. The summed E-state index contributed by atoms with van der Waals surface area (Å²) in [6.45, 7) is 0. The van der Waals surface area contributed by atoms with Crippen LogP contribution in [0, 0.1) is 5.82 Å². The van der Waals surface area contributed by atoms with Crippen LogP contribution in [0.1, 0.15) is 10.4 Å². The van der Waals surface area contributed by atoms with Gasteiger partial charge in [-0.05, 0) is 36.5 Å². The topological polar surface area (TPSA) is 64.8 Å². The normalized spacial score (nSPS) is 16.5. The van der Waals surface area contributed by atoms with Crippen molar-refractivity contribution >= 4 is 28.9 Å². The molecule has 2 aromatic rings. The Kier molecular flexibility index (Phi) is 4.42. The van der Waals surface area contributed by atoms with Gasteiger partial charge >= 0.3 is 12.2 Å². The van der Waals surface area contributed by atoms with Crippen LogP contribution < -0.4 is 20.1 Å². The molecule has 1 amide bonds. The number of benzene rings is 2. The lowest BCUT2D eigenvalue weighted by atomic mass is 10.1. The molecule has 2 N–H and O–H groups in total. The van der Waals surface area contributed by atoms with Crippen LogP contribution >= 0.6 is 12.2 Å². The van der Waals surface area contributed by atoms with Crippen LogP contribution in [0.15, 0.2) is 42.5 Å². The molecule has 0 saturated carbocycles. The van der Waals surface area contributed by atoms with Gasteiger partial charge in [-0.25, -0.2) is 4.39 Å². The number of ether oxygens (including phenoxy) is 2. The van der Waals surface area contributed by atoms with Crippen LogP contribution in [-0.4, -0.2) is 23.2 Å². The van der Waals surface area contributed by atoms with Crippen molar-refractivity contribution < 1.29 is 36.2 Å². The van der Waals surface area contributed by atoms with E-state index in [0.717, 1.165) is 30.3 Å². The van der Waals surface area contributed by atoms with Crippen molar-refractivity contribution in [3.05, 3.63) is 53.8 Å². The molecule has 11 heteroatoms. The Labute approximate surface area is 154 Å². The van der Waals surface area contributed by atoms with E-state index in [4.69, 9.17) is 18.0 Å². The number of alkyl halides is 4. The van der Waals surface area contributed by atoms with Gasteiger partial charge in [0.25, 0.3) is 5.91 Å². The van der Waals surface area contributed by atoms with Gasteiger partial charge in [0.15, 0.2) is 16.6 Å². The van der Waals surface area contributed by atoms with Crippen molar-refractivity contribution in [3.63, 3.8) is 0 Å². The standard InChI is InChI=1S/C16H9F5N2O3S/c17-10-4-2-1-3-9(10)13(24)23(14(22)27)8-5-6-11-12(7-8)26-16(20,21)15(18,19)25-11/h1-7H,(H2,22,27). The lowest BCUT2D eigenvalue weighted by Gasteiger charge is -2.32. The van der Waals surface area contributed by atoms with Crippen molar-refractivity contribution in [1.29, 1.82) is 0 Å². The molecule has 1 aliphatic rings. The number of nitrogens with two attached hydrogens (primary N) is 1. The number of halogens is 5. The van der Waals surface area contributed by atoms with E-state index in [1.54, 1.807) is 0 Å². The van der Waals surface area contributed by atoms with E-state index in [1.807, 2.05) is 0 Å². The Bertz CT molecular complexity index is 938. The monoisotopic (exact) mass is 404 g/mol. The maximum absolute atomic E-state index is 13.9. The molecule has 5 nitrogen and oxygen atoms in total. The Morgan fingerprint density at radius 3 is 2.19 bits per heavy atom. The third kappa shape index (κ3) is 3.25. The second-order valence-corrected chi connectivity index (χ2v) is 5.75. The van der Waals surface area contributed by atoms with Gasteiger partial charge < -0.3 is 15.2 Å². The largest absolute Gasteiger partial charge is 0.507 e. The van der Waals surface area contributed by atoms with Crippen LogP contribution in [0.25, 0.3) is 0 Å². The number of carbonyl (C=O) groups excluding carboxylic acids is 1. The van der Waals surface area contributed by atoms with Gasteiger partial charge in [0.05, 0.1) is 11.3 Å². The second kappa shape index (κ2) is 6.34. The number of nitrogens with zero attached hydrogens (tertiary/aromatic N) is 1. The second-order valence-electron chi connectivity index (χ2n) is 5.33. The summed E-state index contributed by atoms with van der Waals surface area (Å²) >= 11 is 4.77. The van der Waals surface area contributed by atoms with Gasteiger partial charge in [0.1, 0.15) is 5.82 Å². The number of amides is 1. The predicted octanol–water partition coefficient (Wildman–Crippen LogP) is 3.67. The number of hydrogen-bond donors (Lipinski definition) is 1. The molecule has 0 spiro atoms. The summed E-state index contributed by atoms with van der Waals surface area (Å²) in [7, 11) is 0. The van der Waals surface area contributed by atoms with Crippen molar-refractivity contribution in [1.82, 2.24) is 0 Å². The number of rotatable bonds is 2. The highest BCUT2D eigenvalue weighted by Gasteiger charge is 2.66. The first-order chi connectivity index (χ1) is 12.5. The van der Waals surface area contributed by atoms with E-state index < -0.39 is 46.1 Å². The molecule has 1 heterocycles. The number of carbonyl (C=O) groups is 1. The summed E-state index contributed by atoms with van der Waals surface area (Å²) in [6, 6.07) is 7.65. The van der Waals surface area contributed by atoms with E-state index in [9.17, 15) is 26.7 Å². The zero-order valence-corrected chi connectivity index (χ0v) is 13.9. The zero-order chi connectivity index (χ0) is 20.0. The molecule has 0 atom stereocenters. The highest BCUT2D eigenvalue weighted by Crippen LogP contribution is 2.48. The molecule has 0 saturated heterocycles. The number of thiocarbonyl (C=S) groups is 1. The van der Waals surface area contributed by atoms with Crippen molar-refractivity contribution in [2.24, 2.45) is 5.73 Å². The molecule has 2 aromatic carbocycles. The molecule has 0 aliphatic carbocycles. The minimum absolute atomic E-state index is 0.209. The quantitative estimate of drug-likeness (QED) is 0.611. The first-order valence-corrected chi connectivity index (χ1v) is 7.60. The van der Waals surface area contributed by atoms with E-state index in [0.29, 0.717) is 4.90 Å². The summed E-state index contributed by atoms with van der Waals surface area (Å²) in [6.07, 6.45) is -9.82. The van der Waals surface area contributed by atoms with Crippen molar-refractivity contribution in [2.45, 2.75) is 12.2 Å². The number of fused-ring (bicyclic) bond motifs is 1. The first kappa shape index (κ1) is 18.8. The van der Waals surface area contributed by atoms with E-state index >= 15 is 0 Å². The fourth-order valence-corrected chi connectivity index (χ4v) is 2.48. The Morgan fingerprint density at radius 1 is 1.00 bits per heavy atom. The highest BCUT2D eigenvalue weighted by molar-refractivity contribution is 7.80. The predicted molar refractivity (Wildman–Crippen MR) is 87.6 cm³/mol. The minimum atomic E-state index is -4.94. The van der Waals surface area contributed by atoms with Crippen LogP contribution in [0.4, 0.5) is 27.6 Å². The summed E-state index contributed by atoms with van der Waals surface area (Å²) in [5, 5.41) is -0.531. The van der Waals surface area contributed by atoms with Gasteiger partial charge in [-0.1, -0.05) is 12.1 Å². The summed E-state index contributed by atoms with van der Waals surface area (Å²) in [4.78, 5) is 13.2. The Hall–Kier alpha value is -2.95. The third-order valence-corrected chi connectivity index (χ3v) is 3.71. The fourth-order valence-electron chi connectivity index (χ4n) is 2.29. The van der Waals surface area contributed by atoms with Gasteiger partial charge in [0.2, 0.25) is 0 Å². The molecule has 0 bridgehead atoms. The highest BCUT2D eigenvalue weighted by atomic mass is 32.1. The lowest BCUT2D eigenvalue weighted by molar-refractivity contribution is -0.391. The van der Waals surface area contributed by atoms with E-state index in [1.165, 1.54) is 12.1 Å². The Morgan fingerprint density at radius 2 is 1.59 bits per heavy atom. The first-order valence-electron chi connectivity index (χ1n) is 7.19. The molecule has 27 heavy (non-hydrogen) atoms. The number of hydrogen-bond acceptors (Lipinski definition) is 4. The summed E-state index contributed by atoms with van der Waals surface area (Å²) in [5.74, 6) is -3.32. The van der Waals surface area contributed by atoms with Crippen LogP contribution in [0.2, 0.25) is 0 Å². The van der Waals surface area contributed by atoms with Gasteiger partial charge in [-0.15, -0.1) is 0 Å². The molecule has 0 fully saturated rings. The third-order valence-electron chi connectivity index (χ3n) is 3.53. The molecule has 3 rings (SSSR count). The molecular weight excluding hydrogens is 395 g/mol. The minimum Gasteiger partial charge on any atom is -0.421 e. The molecule has 142 valence electrons. The zero-order valence-electron chi connectivity index (χ0n) is 13.1. The average Bonchev–Trinajstić information content (AvgIpc) is 2.55.